The van der Waals surface area contributed by atoms with E-state index in [2.05, 4.69) is 5.10 Å². The van der Waals surface area contributed by atoms with Crippen molar-refractivity contribution in [3.05, 3.63) is 53.3 Å². The lowest BCUT2D eigenvalue weighted by molar-refractivity contribution is 0.0990. The molecule has 0 atom stereocenters. The van der Waals surface area contributed by atoms with Crippen LogP contribution < -0.4 is 5.73 Å². The lowest BCUT2D eigenvalue weighted by Gasteiger charge is -2.05. The molecule has 2 N–H and O–H groups in total. The summed E-state index contributed by atoms with van der Waals surface area (Å²) in [4.78, 5) is 11.1. The summed E-state index contributed by atoms with van der Waals surface area (Å²) >= 11 is 0. The third-order valence-corrected chi connectivity index (χ3v) is 2.42. The third-order valence-electron chi connectivity index (χ3n) is 2.42. The van der Waals surface area contributed by atoms with E-state index in [9.17, 15) is 4.79 Å². The fourth-order valence-corrected chi connectivity index (χ4v) is 1.53. The summed E-state index contributed by atoms with van der Waals surface area (Å²) in [7, 11) is 0. The van der Waals surface area contributed by atoms with Gasteiger partial charge in [-0.2, -0.15) is 5.10 Å². The first-order valence-corrected chi connectivity index (χ1v) is 5.04. The molecule has 2 aromatic rings. The Kier molecular flexibility index (Phi) is 2.72. The van der Waals surface area contributed by atoms with Gasteiger partial charge in [0.15, 0.2) is 0 Å². The molecule has 16 heavy (non-hydrogen) atoms. The molecule has 0 aliphatic carbocycles. The van der Waals surface area contributed by atoms with E-state index in [0.29, 0.717) is 12.2 Å². The summed E-state index contributed by atoms with van der Waals surface area (Å²) in [6.45, 7) is 2.60. The van der Waals surface area contributed by atoms with Gasteiger partial charge in [-0.1, -0.05) is 29.8 Å². The quantitative estimate of drug-likeness (QED) is 0.839. The Morgan fingerprint density at radius 1 is 1.31 bits per heavy atom. The highest BCUT2D eigenvalue weighted by Gasteiger charge is 2.07. The summed E-state index contributed by atoms with van der Waals surface area (Å²) in [5.74, 6) is -0.454. The molecule has 0 aliphatic heterocycles. The number of amides is 1. The van der Waals surface area contributed by atoms with E-state index in [1.807, 2.05) is 31.2 Å². The fourth-order valence-electron chi connectivity index (χ4n) is 1.53. The number of nitrogens with zero attached hydrogens (tertiary/aromatic N) is 2. The molecule has 4 heteroatoms. The van der Waals surface area contributed by atoms with Gasteiger partial charge in [-0.25, -0.2) is 0 Å². The SMILES string of the molecule is Cc1ccc(Cn2nccc2C(N)=O)cc1. The van der Waals surface area contributed by atoms with Crippen molar-refractivity contribution >= 4 is 5.91 Å². The smallest absolute Gasteiger partial charge is 0.266 e. The molecule has 0 unspecified atom stereocenters. The fraction of sp³-hybridized carbons (Fsp3) is 0.167. The van der Waals surface area contributed by atoms with Crippen LogP contribution in [-0.2, 0) is 6.54 Å². The minimum absolute atomic E-state index is 0.431. The molecule has 2 rings (SSSR count). The number of hydrogen-bond donors (Lipinski definition) is 1. The van der Waals surface area contributed by atoms with Crippen LogP contribution in [0.1, 0.15) is 21.6 Å². The van der Waals surface area contributed by atoms with E-state index in [4.69, 9.17) is 5.73 Å². The maximum absolute atomic E-state index is 11.1. The molecule has 4 nitrogen and oxygen atoms in total. The van der Waals surface area contributed by atoms with Crippen LogP contribution in [0.5, 0.6) is 0 Å². The second kappa shape index (κ2) is 4.18. The molecule has 0 bridgehead atoms. The number of benzene rings is 1. The molecule has 82 valence electrons. The first-order valence-electron chi connectivity index (χ1n) is 5.04. The van der Waals surface area contributed by atoms with E-state index >= 15 is 0 Å². The van der Waals surface area contributed by atoms with Crippen LogP contribution in [0.15, 0.2) is 36.5 Å². The Hall–Kier alpha value is -2.10. The summed E-state index contributed by atoms with van der Waals surface area (Å²) in [5, 5.41) is 4.07. The summed E-state index contributed by atoms with van der Waals surface area (Å²) in [5.41, 5.74) is 7.97. The molecule has 0 spiro atoms. The van der Waals surface area contributed by atoms with Crippen LogP contribution in [0, 0.1) is 6.92 Å². The molecular formula is C12H13N3O. The number of carbonyl (C=O) groups excluding carboxylic acids is 1. The molecule has 0 radical (unpaired) electrons. The molecule has 0 saturated carbocycles. The van der Waals surface area contributed by atoms with Gasteiger partial charge in [0.25, 0.3) is 5.91 Å². The van der Waals surface area contributed by atoms with Crippen LogP contribution in [0.3, 0.4) is 0 Å². The van der Waals surface area contributed by atoms with Crippen molar-refractivity contribution in [1.82, 2.24) is 9.78 Å². The predicted molar refractivity (Wildman–Crippen MR) is 61.0 cm³/mol. The maximum atomic E-state index is 11.1. The van der Waals surface area contributed by atoms with Gasteiger partial charge in [0.05, 0.1) is 6.54 Å². The van der Waals surface area contributed by atoms with Gasteiger partial charge in [0.1, 0.15) is 5.69 Å². The van der Waals surface area contributed by atoms with Gasteiger partial charge in [-0.3, -0.25) is 9.48 Å². The van der Waals surface area contributed by atoms with E-state index < -0.39 is 5.91 Å². The van der Waals surface area contributed by atoms with Crippen LogP contribution in [0.4, 0.5) is 0 Å². The van der Waals surface area contributed by atoms with Crippen LogP contribution in [0.2, 0.25) is 0 Å². The van der Waals surface area contributed by atoms with Crippen LogP contribution in [-0.4, -0.2) is 15.7 Å². The topological polar surface area (TPSA) is 60.9 Å². The summed E-state index contributed by atoms with van der Waals surface area (Å²) < 4.78 is 1.60. The number of carbonyl (C=O) groups is 1. The standard InChI is InChI=1S/C12H13N3O/c1-9-2-4-10(5-3-9)8-15-11(12(13)16)6-7-14-15/h2-7H,8H2,1H3,(H2,13,16). The van der Waals surface area contributed by atoms with Gasteiger partial charge in [-0.05, 0) is 18.6 Å². The minimum Gasteiger partial charge on any atom is -0.364 e. The van der Waals surface area contributed by atoms with Crippen molar-refractivity contribution in [2.45, 2.75) is 13.5 Å². The molecular weight excluding hydrogens is 202 g/mol. The average molecular weight is 215 g/mol. The highest BCUT2D eigenvalue weighted by molar-refractivity contribution is 5.90. The molecule has 1 amide bonds. The average Bonchev–Trinajstić information content (AvgIpc) is 2.69. The van der Waals surface area contributed by atoms with E-state index in [-0.39, 0.29) is 0 Å². The Morgan fingerprint density at radius 2 is 2.00 bits per heavy atom. The first-order chi connectivity index (χ1) is 7.66. The highest BCUT2D eigenvalue weighted by Crippen LogP contribution is 2.07. The largest absolute Gasteiger partial charge is 0.364 e. The van der Waals surface area contributed by atoms with Crippen molar-refractivity contribution in [1.29, 1.82) is 0 Å². The maximum Gasteiger partial charge on any atom is 0.266 e. The number of hydrogen-bond acceptors (Lipinski definition) is 2. The number of aryl methyl sites for hydroxylation is 1. The molecule has 1 heterocycles. The summed E-state index contributed by atoms with van der Waals surface area (Å²) in [6.07, 6.45) is 1.58. The van der Waals surface area contributed by atoms with E-state index in [0.717, 1.165) is 5.56 Å². The number of aromatic nitrogens is 2. The number of primary amides is 1. The second-order valence-corrected chi connectivity index (χ2v) is 3.72. The molecule has 1 aromatic heterocycles. The molecule has 0 saturated heterocycles. The molecule has 0 fully saturated rings. The van der Waals surface area contributed by atoms with Gasteiger partial charge >= 0.3 is 0 Å². The zero-order valence-corrected chi connectivity index (χ0v) is 9.05. The zero-order chi connectivity index (χ0) is 11.5. The van der Waals surface area contributed by atoms with Gasteiger partial charge in [0.2, 0.25) is 0 Å². The normalized spacial score (nSPS) is 10.3. The van der Waals surface area contributed by atoms with Crippen molar-refractivity contribution in [3.63, 3.8) is 0 Å². The Balaban J connectivity index is 2.23. The zero-order valence-electron chi connectivity index (χ0n) is 9.05. The Labute approximate surface area is 93.7 Å². The van der Waals surface area contributed by atoms with Crippen molar-refractivity contribution in [2.75, 3.05) is 0 Å². The summed E-state index contributed by atoms with van der Waals surface area (Å²) in [6, 6.07) is 9.71. The number of rotatable bonds is 3. The van der Waals surface area contributed by atoms with Gasteiger partial charge in [0, 0.05) is 6.20 Å². The number of nitrogens with two attached hydrogens (primary N) is 1. The predicted octanol–water partition coefficient (Wildman–Crippen LogP) is 1.34. The monoisotopic (exact) mass is 215 g/mol. The van der Waals surface area contributed by atoms with Crippen molar-refractivity contribution in [3.8, 4) is 0 Å². The third kappa shape index (κ3) is 2.11. The molecule has 1 aromatic carbocycles. The van der Waals surface area contributed by atoms with Crippen LogP contribution >= 0.6 is 0 Å². The Morgan fingerprint density at radius 3 is 2.62 bits per heavy atom. The lowest BCUT2D eigenvalue weighted by atomic mass is 10.1. The second-order valence-electron chi connectivity index (χ2n) is 3.72. The van der Waals surface area contributed by atoms with Crippen LogP contribution in [0.25, 0.3) is 0 Å². The van der Waals surface area contributed by atoms with Crippen molar-refractivity contribution < 1.29 is 4.79 Å². The first kappa shape index (κ1) is 10.4. The van der Waals surface area contributed by atoms with Crippen molar-refractivity contribution in [2.24, 2.45) is 5.73 Å². The molecule has 0 aliphatic rings. The van der Waals surface area contributed by atoms with Gasteiger partial charge < -0.3 is 5.73 Å². The van der Waals surface area contributed by atoms with E-state index in [1.165, 1.54) is 5.56 Å². The minimum atomic E-state index is -0.454. The van der Waals surface area contributed by atoms with E-state index in [1.54, 1.807) is 16.9 Å². The van der Waals surface area contributed by atoms with Gasteiger partial charge in [-0.15, -0.1) is 0 Å². The lowest BCUT2D eigenvalue weighted by Crippen LogP contribution is -2.18. The highest BCUT2D eigenvalue weighted by atomic mass is 16.1. The Bertz CT molecular complexity index is 499.